The first-order chi connectivity index (χ1) is 17.1. The summed E-state index contributed by atoms with van der Waals surface area (Å²) in [5.74, 6) is -1.84. The highest BCUT2D eigenvalue weighted by Crippen LogP contribution is 2.26. The number of nitrogens with zero attached hydrogens (tertiary/aromatic N) is 2. The van der Waals surface area contributed by atoms with Gasteiger partial charge in [-0.2, -0.15) is 0 Å². The Labute approximate surface area is 206 Å². The maximum absolute atomic E-state index is 13.3. The maximum Gasteiger partial charge on any atom is 0.267 e. The fourth-order valence-corrected chi connectivity index (χ4v) is 4.01. The molecule has 0 aliphatic carbocycles. The molecule has 3 aromatic rings. The predicted molar refractivity (Wildman–Crippen MR) is 130 cm³/mol. The molecule has 0 unspecified atom stereocenters. The molecule has 0 spiro atoms. The van der Waals surface area contributed by atoms with Gasteiger partial charge in [0.25, 0.3) is 11.5 Å². The highest BCUT2D eigenvalue weighted by atomic mass is 32.2. The molecule has 2 heterocycles. The standard InChI is InChI=1S/C23H27FN4O7S/c1-36(33,34)27-6-8-28-18-13-16(12-15-2-4-17(24)5-3-15)14-26-20(18)21(30)19(23(28)32)22(31)25-7-10-35-11-9-29/h2-5,13-14,27,29-30H,6-12H2,1H3,(H,25,31). The van der Waals surface area contributed by atoms with Crippen molar-refractivity contribution in [3.05, 3.63) is 69.4 Å². The van der Waals surface area contributed by atoms with E-state index in [4.69, 9.17) is 9.84 Å². The highest BCUT2D eigenvalue weighted by molar-refractivity contribution is 7.88. The Morgan fingerprint density at radius 2 is 1.89 bits per heavy atom. The van der Waals surface area contributed by atoms with Crippen LogP contribution in [0.5, 0.6) is 5.75 Å². The Morgan fingerprint density at radius 3 is 2.56 bits per heavy atom. The molecule has 194 valence electrons. The van der Waals surface area contributed by atoms with E-state index >= 15 is 0 Å². The molecule has 0 radical (unpaired) electrons. The van der Waals surface area contributed by atoms with Gasteiger partial charge in [-0.15, -0.1) is 0 Å². The highest BCUT2D eigenvalue weighted by Gasteiger charge is 2.23. The van der Waals surface area contributed by atoms with Gasteiger partial charge in [-0.25, -0.2) is 17.5 Å². The van der Waals surface area contributed by atoms with Crippen LogP contribution >= 0.6 is 0 Å². The van der Waals surface area contributed by atoms with Gasteiger partial charge >= 0.3 is 0 Å². The number of hydrogen-bond acceptors (Lipinski definition) is 8. The minimum absolute atomic E-state index is 0.0153. The van der Waals surface area contributed by atoms with Crippen molar-refractivity contribution in [1.29, 1.82) is 0 Å². The smallest absolute Gasteiger partial charge is 0.267 e. The number of benzene rings is 1. The number of fused-ring (bicyclic) bond motifs is 1. The predicted octanol–water partition coefficient (Wildman–Crippen LogP) is 0.120. The van der Waals surface area contributed by atoms with Crippen LogP contribution in [0.15, 0.2) is 41.3 Å². The first kappa shape index (κ1) is 27.2. The Morgan fingerprint density at radius 1 is 1.17 bits per heavy atom. The van der Waals surface area contributed by atoms with Crippen molar-refractivity contribution in [3.8, 4) is 5.75 Å². The van der Waals surface area contributed by atoms with Gasteiger partial charge in [0.1, 0.15) is 16.9 Å². The number of hydrogen-bond donors (Lipinski definition) is 4. The van der Waals surface area contributed by atoms with Gasteiger partial charge in [0.05, 0.1) is 31.6 Å². The minimum Gasteiger partial charge on any atom is -0.505 e. The number of carbonyl (C=O) groups excluding carboxylic acids is 1. The average molecular weight is 523 g/mol. The lowest BCUT2D eigenvalue weighted by Crippen LogP contribution is -2.37. The SMILES string of the molecule is CS(=O)(=O)NCCn1c(=O)c(C(=O)NCCOCCO)c(O)c2ncc(Cc3ccc(F)cc3)cc21. The van der Waals surface area contributed by atoms with Crippen molar-refractivity contribution >= 4 is 27.0 Å². The molecule has 0 saturated heterocycles. The van der Waals surface area contributed by atoms with Gasteiger partial charge in [-0.1, -0.05) is 12.1 Å². The number of halogens is 1. The summed E-state index contributed by atoms with van der Waals surface area (Å²) in [4.78, 5) is 30.3. The Balaban J connectivity index is 2.00. The molecule has 0 aliphatic rings. The van der Waals surface area contributed by atoms with E-state index in [0.717, 1.165) is 11.8 Å². The Bertz CT molecular complexity index is 1390. The van der Waals surface area contributed by atoms with E-state index in [1.165, 1.54) is 22.9 Å². The molecule has 3 rings (SSSR count). The third-order valence-corrected chi connectivity index (χ3v) is 5.88. The molecule has 1 amide bonds. The lowest BCUT2D eigenvalue weighted by atomic mass is 10.1. The van der Waals surface area contributed by atoms with Crippen molar-refractivity contribution in [1.82, 2.24) is 19.6 Å². The fourth-order valence-electron chi connectivity index (χ4n) is 3.54. The number of aromatic nitrogens is 2. The zero-order chi connectivity index (χ0) is 26.3. The van der Waals surface area contributed by atoms with Crippen LogP contribution < -0.4 is 15.6 Å². The monoisotopic (exact) mass is 522 g/mol. The normalized spacial score (nSPS) is 11.6. The number of sulfonamides is 1. The number of rotatable bonds is 12. The number of carbonyl (C=O) groups is 1. The molecule has 13 heteroatoms. The third-order valence-electron chi connectivity index (χ3n) is 5.15. The number of nitrogens with one attached hydrogen (secondary N) is 2. The van der Waals surface area contributed by atoms with Crippen molar-refractivity contribution in [2.45, 2.75) is 13.0 Å². The first-order valence-electron chi connectivity index (χ1n) is 11.0. The van der Waals surface area contributed by atoms with Gasteiger partial charge in [0.2, 0.25) is 10.0 Å². The van der Waals surface area contributed by atoms with Crippen LogP contribution in [0.1, 0.15) is 21.5 Å². The van der Waals surface area contributed by atoms with E-state index in [2.05, 4.69) is 15.0 Å². The van der Waals surface area contributed by atoms with Gasteiger partial charge in [0, 0.05) is 25.8 Å². The summed E-state index contributed by atoms with van der Waals surface area (Å²) in [6, 6.07) is 7.47. The third kappa shape index (κ3) is 7.07. The van der Waals surface area contributed by atoms with Gasteiger partial charge in [-0.3, -0.25) is 14.6 Å². The zero-order valence-corrected chi connectivity index (χ0v) is 20.3. The van der Waals surface area contributed by atoms with Gasteiger partial charge in [-0.05, 0) is 35.7 Å². The van der Waals surface area contributed by atoms with Crippen LogP contribution in [0, 0.1) is 5.82 Å². The summed E-state index contributed by atoms with van der Waals surface area (Å²) in [5, 5.41) is 22.0. The number of pyridine rings is 2. The molecule has 0 atom stereocenters. The molecular formula is C23H27FN4O7S. The topological polar surface area (TPSA) is 160 Å². The fraction of sp³-hybridized carbons (Fsp3) is 0.348. The molecule has 0 bridgehead atoms. The van der Waals surface area contributed by atoms with E-state index in [9.17, 15) is 27.5 Å². The Hall–Kier alpha value is -3.39. The molecular weight excluding hydrogens is 495 g/mol. The summed E-state index contributed by atoms with van der Waals surface area (Å²) in [7, 11) is -3.54. The van der Waals surface area contributed by atoms with Gasteiger partial charge < -0.3 is 24.8 Å². The maximum atomic E-state index is 13.3. The summed E-state index contributed by atoms with van der Waals surface area (Å²) < 4.78 is 44.8. The van der Waals surface area contributed by atoms with E-state index in [-0.39, 0.29) is 56.3 Å². The van der Waals surface area contributed by atoms with Crippen LogP contribution in [-0.2, 0) is 27.7 Å². The first-order valence-corrected chi connectivity index (χ1v) is 12.9. The second-order valence-corrected chi connectivity index (χ2v) is 9.79. The van der Waals surface area contributed by atoms with Crippen molar-refractivity contribution in [2.75, 3.05) is 39.2 Å². The van der Waals surface area contributed by atoms with E-state index < -0.39 is 32.8 Å². The van der Waals surface area contributed by atoms with Gasteiger partial charge in [0.15, 0.2) is 5.75 Å². The molecule has 1 aromatic carbocycles. The molecule has 0 fully saturated rings. The second-order valence-electron chi connectivity index (χ2n) is 7.95. The number of amides is 1. The van der Waals surface area contributed by atoms with Crippen LogP contribution in [0.25, 0.3) is 11.0 Å². The van der Waals surface area contributed by atoms with Crippen LogP contribution in [0.4, 0.5) is 4.39 Å². The lowest BCUT2D eigenvalue weighted by molar-refractivity contribution is 0.0835. The molecule has 36 heavy (non-hydrogen) atoms. The quantitative estimate of drug-likeness (QED) is 0.244. The summed E-state index contributed by atoms with van der Waals surface area (Å²) in [6.45, 7) is -0.267. The van der Waals surface area contributed by atoms with Crippen LogP contribution in [-0.4, -0.2) is 73.3 Å². The summed E-state index contributed by atoms with van der Waals surface area (Å²) in [6.07, 6.45) is 2.81. The van der Waals surface area contributed by atoms with E-state index in [1.54, 1.807) is 18.2 Å². The van der Waals surface area contributed by atoms with Crippen LogP contribution in [0.3, 0.4) is 0 Å². The largest absolute Gasteiger partial charge is 0.505 e. The van der Waals surface area contributed by atoms with Crippen molar-refractivity contribution < 1.29 is 32.6 Å². The number of ether oxygens (including phenoxy) is 1. The zero-order valence-electron chi connectivity index (χ0n) is 19.5. The summed E-state index contributed by atoms with van der Waals surface area (Å²) in [5.41, 5.74) is 0.256. The lowest BCUT2D eigenvalue weighted by Gasteiger charge is -2.16. The molecule has 4 N–H and O–H groups in total. The van der Waals surface area contributed by atoms with Crippen molar-refractivity contribution in [3.63, 3.8) is 0 Å². The molecule has 0 saturated carbocycles. The van der Waals surface area contributed by atoms with Crippen LogP contribution in [0.2, 0.25) is 0 Å². The minimum atomic E-state index is -3.54. The Kier molecular flexibility index (Phi) is 9.09. The number of aromatic hydroxyl groups is 1. The van der Waals surface area contributed by atoms with E-state index in [1.807, 2.05) is 0 Å². The summed E-state index contributed by atoms with van der Waals surface area (Å²) >= 11 is 0. The van der Waals surface area contributed by atoms with Crippen molar-refractivity contribution in [2.24, 2.45) is 0 Å². The molecule has 2 aromatic heterocycles. The second kappa shape index (κ2) is 12.0. The number of aliphatic hydroxyl groups excluding tert-OH is 1. The number of aliphatic hydroxyl groups is 1. The van der Waals surface area contributed by atoms with E-state index in [0.29, 0.717) is 12.0 Å². The average Bonchev–Trinajstić information content (AvgIpc) is 2.82. The molecule has 11 nitrogen and oxygen atoms in total. The molecule has 0 aliphatic heterocycles.